The van der Waals surface area contributed by atoms with Gasteiger partial charge in [0.15, 0.2) is 16.8 Å². The number of aromatic nitrogens is 6. The third kappa shape index (κ3) is 2.15. The molecule has 0 unspecified atom stereocenters. The van der Waals surface area contributed by atoms with Gasteiger partial charge in [-0.1, -0.05) is 16.8 Å². The first-order valence-corrected chi connectivity index (χ1v) is 4.91. The standard InChI is InChI=1S/C5H6ClN7S/c6-4-5(11-14-10-4)7-2-1-3-8-12-13-9-3/h1-2H2,(H,7,11)(H,8,9,12,13). The molecule has 0 amide bonds. The summed E-state index contributed by atoms with van der Waals surface area (Å²) >= 11 is 6.79. The largest absolute Gasteiger partial charge is 0.366 e. The van der Waals surface area contributed by atoms with Gasteiger partial charge in [-0.2, -0.15) is 14.0 Å². The lowest BCUT2D eigenvalue weighted by atomic mass is 10.4. The van der Waals surface area contributed by atoms with Crippen LogP contribution in [-0.2, 0) is 6.42 Å². The summed E-state index contributed by atoms with van der Waals surface area (Å²) in [6.07, 6.45) is 0.657. The molecule has 2 heterocycles. The molecule has 2 N–H and O–H groups in total. The highest BCUT2D eigenvalue weighted by Crippen LogP contribution is 2.17. The van der Waals surface area contributed by atoms with E-state index < -0.39 is 0 Å². The van der Waals surface area contributed by atoms with E-state index in [1.807, 2.05) is 0 Å². The number of rotatable bonds is 4. The Bertz CT molecular complexity index is 384. The van der Waals surface area contributed by atoms with Gasteiger partial charge in [-0.3, -0.25) is 0 Å². The normalized spacial score (nSPS) is 10.4. The van der Waals surface area contributed by atoms with Crippen LogP contribution < -0.4 is 5.32 Å². The number of hydrogen-bond acceptors (Lipinski definition) is 7. The van der Waals surface area contributed by atoms with Gasteiger partial charge >= 0.3 is 0 Å². The number of tetrazole rings is 1. The van der Waals surface area contributed by atoms with Gasteiger partial charge in [0.25, 0.3) is 0 Å². The molecule has 0 saturated carbocycles. The molecule has 0 aliphatic carbocycles. The predicted molar refractivity (Wildman–Crippen MR) is 51.3 cm³/mol. The number of hydrogen-bond donors (Lipinski definition) is 2. The van der Waals surface area contributed by atoms with E-state index in [9.17, 15) is 0 Å². The van der Waals surface area contributed by atoms with Crippen LogP contribution in [0, 0.1) is 0 Å². The zero-order chi connectivity index (χ0) is 9.80. The molecule has 14 heavy (non-hydrogen) atoms. The molecular weight excluding hydrogens is 226 g/mol. The van der Waals surface area contributed by atoms with Gasteiger partial charge in [-0.25, -0.2) is 0 Å². The third-order valence-electron chi connectivity index (χ3n) is 1.48. The second-order valence-corrected chi connectivity index (χ2v) is 3.29. The second-order valence-electron chi connectivity index (χ2n) is 2.41. The van der Waals surface area contributed by atoms with Gasteiger partial charge < -0.3 is 5.32 Å². The highest BCUT2D eigenvalue weighted by Gasteiger charge is 2.04. The van der Waals surface area contributed by atoms with Crippen molar-refractivity contribution >= 4 is 29.1 Å². The maximum Gasteiger partial charge on any atom is 0.186 e. The minimum atomic E-state index is 0.392. The molecule has 0 aliphatic heterocycles. The topological polar surface area (TPSA) is 92.3 Å². The molecule has 0 saturated heterocycles. The van der Waals surface area contributed by atoms with Crippen LogP contribution in [0.2, 0.25) is 5.15 Å². The van der Waals surface area contributed by atoms with Crippen molar-refractivity contribution in [1.29, 1.82) is 0 Å². The molecule has 0 aliphatic rings. The number of nitrogens with zero attached hydrogens (tertiary/aromatic N) is 5. The van der Waals surface area contributed by atoms with Crippen LogP contribution in [0.5, 0.6) is 0 Å². The Morgan fingerprint density at radius 2 is 2.36 bits per heavy atom. The lowest BCUT2D eigenvalue weighted by Gasteiger charge is -1.98. The van der Waals surface area contributed by atoms with Gasteiger partial charge in [0.2, 0.25) is 0 Å². The molecule has 0 bridgehead atoms. The van der Waals surface area contributed by atoms with Crippen molar-refractivity contribution in [3.05, 3.63) is 11.0 Å². The van der Waals surface area contributed by atoms with Gasteiger partial charge in [-0.05, 0) is 0 Å². The number of aromatic amines is 1. The van der Waals surface area contributed by atoms with Crippen LogP contribution in [0.1, 0.15) is 5.82 Å². The monoisotopic (exact) mass is 231 g/mol. The first-order chi connectivity index (χ1) is 6.86. The Morgan fingerprint density at radius 1 is 1.43 bits per heavy atom. The van der Waals surface area contributed by atoms with Gasteiger partial charge in [-0.15, -0.1) is 10.2 Å². The number of halogens is 1. The Kier molecular flexibility index (Phi) is 2.84. The zero-order valence-corrected chi connectivity index (χ0v) is 8.51. The van der Waals surface area contributed by atoms with Crippen LogP contribution in [0.4, 0.5) is 5.82 Å². The van der Waals surface area contributed by atoms with Gasteiger partial charge in [0.05, 0.1) is 11.7 Å². The lowest BCUT2D eigenvalue weighted by molar-refractivity contribution is 0.881. The van der Waals surface area contributed by atoms with Crippen LogP contribution in [0.3, 0.4) is 0 Å². The van der Waals surface area contributed by atoms with Crippen molar-refractivity contribution in [2.24, 2.45) is 0 Å². The Balaban J connectivity index is 1.81. The molecule has 74 valence electrons. The van der Waals surface area contributed by atoms with E-state index in [-0.39, 0.29) is 0 Å². The van der Waals surface area contributed by atoms with Crippen LogP contribution >= 0.6 is 23.3 Å². The van der Waals surface area contributed by atoms with E-state index in [1.165, 1.54) is 0 Å². The summed E-state index contributed by atoms with van der Waals surface area (Å²) in [6.45, 7) is 0.644. The minimum Gasteiger partial charge on any atom is -0.366 e. The molecule has 0 atom stereocenters. The summed E-state index contributed by atoms with van der Waals surface area (Å²) in [5.41, 5.74) is 0. The summed E-state index contributed by atoms with van der Waals surface area (Å²) in [5.74, 6) is 1.25. The fraction of sp³-hybridized carbons (Fsp3) is 0.400. The second kappa shape index (κ2) is 4.29. The summed E-state index contributed by atoms with van der Waals surface area (Å²) in [4.78, 5) is 0. The predicted octanol–water partition coefficient (Wildman–Crippen LogP) is 0.359. The van der Waals surface area contributed by atoms with Crippen LogP contribution in [0.15, 0.2) is 0 Å². The van der Waals surface area contributed by atoms with E-state index in [2.05, 4.69) is 34.7 Å². The van der Waals surface area contributed by atoms with Crippen molar-refractivity contribution in [2.45, 2.75) is 6.42 Å². The summed E-state index contributed by atoms with van der Waals surface area (Å²) < 4.78 is 7.77. The van der Waals surface area contributed by atoms with Crippen molar-refractivity contribution in [3.63, 3.8) is 0 Å². The maximum absolute atomic E-state index is 5.72. The van der Waals surface area contributed by atoms with E-state index >= 15 is 0 Å². The third-order valence-corrected chi connectivity index (χ3v) is 2.37. The Labute approximate surface area is 88.2 Å². The minimum absolute atomic E-state index is 0.392. The molecule has 7 nitrogen and oxygen atoms in total. The van der Waals surface area contributed by atoms with Gasteiger partial charge in [0, 0.05) is 13.0 Å². The fourth-order valence-electron chi connectivity index (χ4n) is 0.864. The molecule has 0 spiro atoms. The van der Waals surface area contributed by atoms with Crippen LogP contribution in [-0.4, -0.2) is 35.9 Å². The van der Waals surface area contributed by atoms with E-state index in [4.69, 9.17) is 11.6 Å². The highest BCUT2D eigenvalue weighted by atomic mass is 35.5. The van der Waals surface area contributed by atoms with Crippen LogP contribution in [0.25, 0.3) is 0 Å². The van der Waals surface area contributed by atoms with Crippen molar-refractivity contribution in [1.82, 2.24) is 29.4 Å². The zero-order valence-electron chi connectivity index (χ0n) is 6.94. The number of nitrogens with one attached hydrogen (secondary N) is 2. The first kappa shape index (κ1) is 9.28. The highest BCUT2D eigenvalue weighted by molar-refractivity contribution is 6.99. The van der Waals surface area contributed by atoms with E-state index in [0.717, 1.165) is 11.7 Å². The Morgan fingerprint density at radius 3 is 3.00 bits per heavy atom. The Hall–Kier alpha value is -1.28. The quantitative estimate of drug-likeness (QED) is 0.789. The molecule has 2 aromatic rings. The first-order valence-electron chi connectivity index (χ1n) is 3.80. The molecule has 2 rings (SSSR count). The molecular formula is C5H6ClN7S. The van der Waals surface area contributed by atoms with Crippen molar-refractivity contribution < 1.29 is 0 Å². The smallest absolute Gasteiger partial charge is 0.186 e. The average molecular weight is 232 g/mol. The molecule has 2 aromatic heterocycles. The van der Waals surface area contributed by atoms with Gasteiger partial charge in [0.1, 0.15) is 0 Å². The SMILES string of the molecule is Clc1nsnc1NCCc1nn[nH]n1. The summed E-state index contributed by atoms with van der Waals surface area (Å²) in [7, 11) is 0. The lowest BCUT2D eigenvalue weighted by Crippen LogP contribution is -2.06. The average Bonchev–Trinajstić information content (AvgIpc) is 2.78. The number of anilines is 1. The molecule has 0 aromatic carbocycles. The summed E-state index contributed by atoms with van der Waals surface area (Å²) in [6, 6.07) is 0. The molecule has 0 radical (unpaired) electrons. The van der Waals surface area contributed by atoms with Crippen molar-refractivity contribution in [3.8, 4) is 0 Å². The fourth-order valence-corrected chi connectivity index (χ4v) is 1.55. The molecule has 9 heteroatoms. The molecule has 0 fully saturated rings. The van der Waals surface area contributed by atoms with E-state index in [1.54, 1.807) is 0 Å². The maximum atomic E-state index is 5.72. The van der Waals surface area contributed by atoms with Crippen molar-refractivity contribution in [2.75, 3.05) is 11.9 Å². The summed E-state index contributed by atoms with van der Waals surface area (Å²) in [5, 5.41) is 16.8. The number of H-pyrrole nitrogens is 1. The van der Waals surface area contributed by atoms with E-state index in [0.29, 0.717) is 29.8 Å².